The number of benzene rings is 3. The number of carbonyl (C=O) groups is 1. The lowest BCUT2D eigenvalue weighted by Crippen LogP contribution is -2.12. The fraction of sp³-hybridized carbons (Fsp3) is 0.214. The normalized spacial score (nSPS) is 11.9. The quantitative estimate of drug-likeness (QED) is 0.314. The van der Waals surface area contributed by atoms with Gasteiger partial charge in [0.25, 0.3) is 0 Å². The van der Waals surface area contributed by atoms with Crippen molar-refractivity contribution in [2.75, 3.05) is 14.2 Å². The molecule has 2 heterocycles. The predicted molar refractivity (Wildman–Crippen MR) is 132 cm³/mol. The first-order valence-electron chi connectivity index (χ1n) is 10.9. The summed E-state index contributed by atoms with van der Waals surface area (Å²) in [6, 6.07) is 21.6. The monoisotopic (exact) mass is 438 g/mol. The number of ketones is 1. The molecular weight excluding hydrogens is 412 g/mol. The van der Waals surface area contributed by atoms with E-state index >= 15 is 0 Å². The number of hydrogen-bond acceptors (Lipinski definition) is 4. The summed E-state index contributed by atoms with van der Waals surface area (Å²) in [5, 5.41) is 0.947. The van der Waals surface area contributed by atoms with Gasteiger partial charge in [0.1, 0.15) is 5.69 Å². The number of rotatable bonds is 4. The van der Waals surface area contributed by atoms with Crippen molar-refractivity contribution in [1.29, 1.82) is 0 Å². The van der Waals surface area contributed by atoms with Crippen LogP contribution in [0.1, 0.15) is 42.4 Å². The van der Waals surface area contributed by atoms with Crippen LogP contribution in [0.5, 0.6) is 11.5 Å². The Kier molecular flexibility index (Phi) is 4.85. The number of ether oxygens (including phenoxy) is 2. The lowest BCUT2D eigenvalue weighted by atomic mass is 9.86. The number of aromatic nitrogens is 2. The summed E-state index contributed by atoms with van der Waals surface area (Å²) in [5.41, 5.74) is 5.61. The van der Waals surface area contributed by atoms with Crippen molar-refractivity contribution in [3.05, 3.63) is 83.6 Å². The first-order valence-corrected chi connectivity index (χ1v) is 10.9. The second kappa shape index (κ2) is 7.62. The fourth-order valence-electron chi connectivity index (χ4n) is 4.32. The van der Waals surface area contributed by atoms with Crippen LogP contribution in [-0.4, -0.2) is 29.4 Å². The van der Waals surface area contributed by atoms with Crippen LogP contribution in [0.3, 0.4) is 0 Å². The molecule has 0 N–H and O–H groups in total. The summed E-state index contributed by atoms with van der Waals surface area (Å²) in [7, 11) is 3.24. The molecule has 2 aromatic heterocycles. The summed E-state index contributed by atoms with van der Waals surface area (Å²) in [6.07, 6.45) is 0. The minimum Gasteiger partial charge on any atom is -0.493 e. The Morgan fingerprint density at radius 1 is 0.818 bits per heavy atom. The van der Waals surface area contributed by atoms with Crippen molar-refractivity contribution in [2.45, 2.75) is 26.2 Å². The second-order valence-corrected chi connectivity index (χ2v) is 9.24. The average Bonchev–Trinajstić information content (AvgIpc) is 3.20. The molecule has 5 nitrogen and oxygen atoms in total. The summed E-state index contributed by atoms with van der Waals surface area (Å²) >= 11 is 0. The third kappa shape index (κ3) is 3.41. The van der Waals surface area contributed by atoms with Crippen molar-refractivity contribution in [2.24, 2.45) is 0 Å². The molecule has 3 aromatic carbocycles. The highest BCUT2D eigenvalue weighted by molar-refractivity contribution is 6.14. The SMILES string of the molecule is COc1cc2cc3c(C(=O)c4ccc(C(C)(C)C)cc4)nc4ccccc4n3c2cc1OC. The van der Waals surface area contributed by atoms with Crippen LogP contribution >= 0.6 is 0 Å². The highest BCUT2D eigenvalue weighted by Crippen LogP contribution is 2.36. The van der Waals surface area contributed by atoms with E-state index in [1.807, 2.05) is 66.7 Å². The number of nitrogens with zero attached hydrogens (tertiary/aromatic N) is 2. The van der Waals surface area contributed by atoms with Crippen LogP contribution in [0.4, 0.5) is 0 Å². The number of methoxy groups -OCH3 is 2. The smallest absolute Gasteiger partial charge is 0.213 e. The Hall–Kier alpha value is -3.86. The molecule has 0 aliphatic carbocycles. The van der Waals surface area contributed by atoms with Crippen molar-refractivity contribution in [3.63, 3.8) is 0 Å². The van der Waals surface area contributed by atoms with Crippen LogP contribution in [-0.2, 0) is 5.41 Å². The van der Waals surface area contributed by atoms with E-state index in [4.69, 9.17) is 14.5 Å². The van der Waals surface area contributed by atoms with E-state index in [2.05, 4.69) is 25.2 Å². The minimum atomic E-state index is -0.104. The molecule has 0 saturated heterocycles. The standard InChI is InChI=1S/C28H26N2O3/c1-28(2,3)19-12-10-17(11-13-19)27(31)26-23-14-18-15-24(32-4)25(33-5)16-22(18)30(23)21-9-7-6-8-20(21)29-26/h6-16H,1-5H3. The molecule has 5 rings (SSSR count). The Morgan fingerprint density at radius 3 is 2.15 bits per heavy atom. The third-order valence-corrected chi connectivity index (χ3v) is 6.13. The van der Waals surface area contributed by atoms with Crippen molar-refractivity contribution in [3.8, 4) is 11.5 Å². The molecule has 0 unspecified atom stereocenters. The van der Waals surface area contributed by atoms with E-state index in [0.717, 1.165) is 27.5 Å². The van der Waals surface area contributed by atoms with Crippen LogP contribution in [0.25, 0.3) is 27.5 Å². The molecule has 0 amide bonds. The van der Waals surface area contributed by atoms with Gasteiger partial charge >= 0.3 is 0 Å². The molecule has 5 aromatic rings. The Labute approximate surface area is 192 Å². The Balaban J connectivity index is 1.79. The molecule has 166 valence electrons. The highest BCUT2D eigenvalue weighted by atomic mass is 16.5. The maximum absolute atomic E-state index is 13.7. The van der Waals surface area contributed by atoms with Gasteiger partial charge in [-0.25, -0.2) is 4.98 Å². The zero-order chi connectivity index (χ0) is 23.3. The fourth-order valence-corrected chi connectivity index (χ4v) is 4.32. The van der Waals surface area contributed by atoms with Crippen molar-refractivity contribution in [1.82, 2.24) is 9.38 Å². The maximum atomic E-state index is 13.7. The average molecular weight is 439 g/mol. The zero-order valence-electron chi connectivity index (χ0n) is 19.5. The van der Waals surface area contributed by atoms with Gasteiger partial charge in [-0.3, -0.25) is 4.79 Å². The molecule has 0 aliphatic heterocycles. The highest BCUT2D eigenvalue weighted by Gasteiger charge is 2.21. The molecule has 33 heavy (non-hydrogen) atoms. The molecule has 0 aliphatic rings. The van der Waals surface area contributed by atoms with Gasteiger partial charge in [-0.15, -0.1) is 0 Å². The van der Waals surface area contributed by atoms with Crippen LogP contribution in [0, 0.1) is 0 Å². The largest absolute Gasteiger partial charge is 0.493 e. The second-order valence-electron chi connectivity index (χ2n) is 9.24. The molecule has 0 atom stereocenters. The Morgan fingerprint density at radius 2 is 1.48 bits per heavy atom. The molecule has 0 saturated carbocycles. The van der Waals surface area contributed by atoms with Gasteiger partial charge in [0.15, 0.2) is 11.5 Å². The number of fused-ring (bicyclic) bond motifs is 5. The number of carbonyl (C=O) groups excluding carboxylic acids is 1. The molecule has 5 heteroatoms. The maximum Gasteiger partial charge on any atom is 0.213 e. The van der Waals surface area contributed by atoms with Gasteiger partial charge in [-0.05, 0) is 35.2 Å². The van der Waals surface area contributed by atoms with E-state index in [-0.39, 0.29) is 11.2 Å². The topological polar surface area (TPSA) is 52.8 Å². The molecule has 0 fully saturated rings. The summed E-state index contributed by atoms with van der Waals surface area (Å²) in [5.74, 6) is 1.17. The third-order valence-electron chi connectivity index (χ3n) is 6.13. The number of hydrogen-bond donors (Lipinski definition) is 0. The minimum absolute atomic E-state index is 0.0212. The first kappa shape index (κ1) is 21.0. The summed E-state index contributed by atoms with van der Waals surface area (Å²) in [6.45, 7) is 6.48. The van der Waals surface area contributed by atoms with Crippen LogP contribution < -0.4 is 9.47 Å². The summed E-state index contributed by atoms with van der Waals surface area (Å²) in [4.78, 5) is 18.5. The number of para-hydroxylation sites is 2. The van der Waals surface area contributed by atoms with Gasteiger partial charge in [0.05, 0.1) is 36.3 Å². The predicted octanol–water partition coefficient (Wildman–Crippen LogP) is 6.19. The van der Waals surface area contributed by atoms with E-state index in [9.17, 15) is 4.79 Å². The molecule has 0 spiro atoms. The van der Waals surface area contributed by atoms with E-state index in [1.165, 1.54) is 5.56 Å². The lowest BCUT2D eigenvalue weighted by Gasteiger charge is -2.19. The van der Waals surface area contributed by atoms with Crippen LogP contribution in [0.15, 0.2) is 66.7 Å². The van der Waals surface area contributed by atoms with Crippen molar-refractivity contribution >= 4 is 33.2 Å². The first-order chi connectivity index (χ1) is 15.8. The van der Waals surface area contributed by atoms with Gasteiger partial charge in [-0.1, -0.05) is 57.2 Å². The molecular formula is C28H26N2O3. The zero-order valence-corrected chi connectivity index (χ0v) is 19.5. The van der Waals surface area contributed by atoms with E-state index in [0.29, 0.717) is 22.8 Å². The van der Waals surface area contributed by atoms with Gasteiger partial charge in [0.2, 0.25) is 5.78 Å². The van der Waals surface area contributed by atoms with Gasteiger partial charge < -0.3 is 13.9 Å². The summed E-state index contributed by atoms with van der Waals surface area (Å²) < 4.78 is 13.1. The van der Waals surface area contributed by atoms with Crippen LogP contribution in [0.2, 0.25) is 0 Å². The van der Waals surface area contributed by atoms with Gasteiger partial charge in [0, 0.05) is 17.0 Å². The lowest BCUT2D eigenvalue weighted by molar-refractivity contribution is 0.103. The van der Waals surface area contributed by atoms with E-state index < -0.39 is 0 Å². The molecule has 0 radical (unpaired) electrons. The van der Waals surface area contributed by atoms with E-state index in [1.54, 1.807) is 14.2 Å². The Bertz CT molecular complexity index is 1520. The van der Waals surface area contributed by atoms with Gasteiger partial charge in [-0.2, -0.15) is 0 Å². The molecule has 0 bridgehead atoms. The van der Waals surface area contributed by atoms with Crippen molar-refractivity contribution < 1.29 is 14.3 Å².